The number of carbonyl (C=O) groups excluding carboxylic acids is 1. The smallest absolute Gasteiger partial charge is 0.132 e. The fraction of sp³-hybridized carbons (Fsp3) is 0.235. The van der Waals surface area contributed by atoms with Gasteiger partial charge in [0, 0.05) is 12.8 Å². The van der Waals surface area contributed by atoms with Gasteiger partial charge >= 0.3 is 0 Å². The molecule has 0 N–H and O–H groups in total. The second-order valence-corrected chi connectivity index (χ2v) is 4.46. The molecule has 0 aromatic heterocycles. The lowest BCUT2D eigenvalue weighted by atomic mass is 10.0. The number of Topliss-reactive ketones (excluding diaryl/α,β-unsaturated/α-hetero) is 1. The van der Waals surface area contributed by atoms with Gasteiger partial charge < -0.3 is 0 Å². The standard InChI is InChI=1S/C17H18O/c1-2-17(18)13-10-14-8-11-16(12-9-14)15-6-4-3-5-7-15/h3-9,11-12H,2,10,13H2,1H3. The molecule has 0 radical (unpaired) electrons. The van der Waals surface area contributed by atoms with E-state index in [-0.39, 0.29) is 0 Å². The Morgan fingerprint density at radius 2 is 1.50 bits per heavy atom. The summed E-state index contributed by atoms with van der Waals surface area (Å²) in [7, 11) is 0. The number of carbonyl (C=O) groups is 1. The second kappa shape index (κ2) is 6.15. The zero-order chi connectivity index (χ0) is 12.8. The van der Waals surface area contributed by atoms with Crippen molar-refractivity contribution in [3.63, 3.8) is 0 Å². The maximum atomic E-state index is 11.3. The van der Waals surface area contributed by atoms with E-state index in [4.69, 9.17) is 0 Å². The molecular weight excluding hydrogens is 220 g/mol. The van der Waals surface area contributed by atoms with Crippen LogP contribution >= 0.6 is 0 Å². The minimum Gasteiger partial charge on any atom is -0.300 e. The molecule has 0 atom stereocenters. The average Bonchev–Trinajstić information content (AvgIpc) is 2.46. The van der Waals surface area contributed by atoms with Gasteiger partial charge in [0.25, 0.3) is 0 Å². The van der Waals surface area contributed by atoms with Crippen LogP contribution in [0, 0.1) is 0 Å². The third-order valence-corrected chi connectivity index (χ3v) is 3.15. The van der Waals surface area contributed by atoms with Crippen LogP contribution in [-0.2, 0) is 11.2 Å². The summed E-state index contributed by atoms with van der Waals surface area (Å²) >= 11 is 0. The Balaban J connectivity index is 2.04. The SMILES string of the molecule is CCC(=O)CCc1ccc(-c2ccccc2)cc1. The van der Waals surface area contributed by atoms with Crippen molar-refractivity contribution in [1.82, 2.24) is 0 Å². The van der Waals surface area contributed by atoms with Crippen LogP contribution in [-0.4, -0.2) is 5.78 Å². The summed E-state index contributed by atoms with van der Waals surface area (Å²) in [5.41, 5.74) is 3.69. The fourth-order valence-electron chi connectivity index (χ4n) is 1.95. The van der Waals surface area contributed by atoms with E-state index in [1.165, 1.54) is 16.7 Å². The molecule has 0 aliphatic carbocycles. The van der Waals surface area contributed by atoms with Crippen molar-refractivity contribution >= 4 is 5.78 Å². The number of ketones is 1. The molecule has 92 valence electrons. The summed E-state index contributed by atoms with van der Waals surface area (Å²) in [6.07, 6.45) is 2.14. The number of hydrogen-bond acceptors (Lipinski definition) is 1. The van der Waals surface area contributed by atoms with Crippen LogP contribution in [0.1, 0.15) is 25.3 Å². The van der Waals surface area contributed by atoms with Crippen LogP contribution < -0.4 is 0 Å². The van der Waals surface area contributed by atoms with Crippen molar-refractivity contribution in [3.05, 3.63) is 60.2 Å². The number of hydrogen-bond donors (Lipinski definition) is 0. The normalized spacial score (nSPS) is 10.3. The zero-order valence-corrected chi connectivity index (χ0v) is 10.7. The first-order valence-corrected chi connectivity index (χ1v) is 6.45. The molecule has 2 rings (SSSR count). The Morgan fingerprint density at radius 3 is 2.11 bits per heavy atom. The van der Waals surface area contributed by atoms with Gasteiger partial charge in [-0.15, -0.1) is 0 Å². The molecular formula is C17H18O. The summed E-state index contributed by atoms with van der Waals surface area (Å²) in [6, 6.07) is 18.8. The number of benzene rings is 2. The van der Waals surface area contributed by atoms with Gasteiger partial charge in [0.05, 0.1) is 0 Å². The second-order valence-electron chi connectivity index (χ2n) is 4.46. The van der Waals surface area contributed by atoms with E-state index in [0.29, 0.717) is 18.6 Å². The van der Waals surface area contributed by atoms with Gasteiger partial charge in [0.1, 0.15) is 5.78 Å². The lowest BCUT2D eigenvalue weighted by molar-refractivity contribution is -0.118. The van der Waals surface area contributed by atoms with E-state index in [2.05, 4.69) is 36.4 Å². The van der Waals surface area contributed by atoms with Crippen molar-refractivity contribution < 1.29 is 4.79 Å². The van der Waals surface area contributed by atoms with Gasteiger partial charge in [-0.2, -0.15) is 0 Å². The van der Waals surface area contributed by atoms with E-state index in [0.717, 1.165) is 6.42 Å². The molecule has 2 aromatic rings. The van der Waals surface area contributed by atoms with Crippen molar-refractivity contribution in [1.29, 1.82) is 0 Å². The summed E-state index contributed by atoms with van der Waals surface area (Å²) < 4.78 is 0. The molecule has 18 heavy (non-hydrogen) atoms. The molecule has 0 unspecified atom stereocenters. The van der Waals surface area contributed by atoms with Crippen LogP contribution in [0.25, 0.3) is 11.1 Å². The summed E-state index contributed by atoms with van der Waals surface area (Å²) in [5, 5.41) is 0. The molecule has 0 saturated heterocycles. The number of aryl methyl sites for hydroxylation is 1. The Bertz CT molecular complexity index is 497. The van der Waals surface area contributed by atoms with Crippen LogP contribution in [0.15, 0.2) is 54.6 Å². The van der Waals surface area contributed by atoms with Gasteiger partial charge in [-0.3, -0.25) is 4.79 Å². The van der Waals surface area contributed by atoms with Crippen molar-refractivity contribution in [2.24, 2.45) is 0 Å². The Morgan fingerprint density at radius 1 is 0.889 bits per heavy atom. The van der Waals surface area contributed by atoms with Crippen LogP contribution in [0.2, 0.25) is 0 Å². The predicted octanol–water partition coefficient (Wildman–Crippen LogP) is 4.27. The van der Waals surface area contributed by atoms with E-state index < -0.39 is 0 Å². The quantitative estimate of drug-likeness (QED) is 0.760. The first-order chi connectivity index (χ1) is 8.79. The minimum atomic E-state index is 0.335. The molecule has 1 nitrogen and oxygen atoms in total. The maximum Gasteiger partial charge on any atom is 0.132 e. The monoisotopic (exact) mass is 238 g/mol. The molecule has 0 fully saturated rings. The van der Waals surface area contributed by atoms with E-state index >= 15 is 0 Å². The Labute approximate surface area is 108 Å². The van der Waals surface area contributed by atoms with E-state index in [1.54, 1.807) is 0 Å². The highest BCUT2D eigenvalue weighted by Gasteiger charge is 2.01. The molecule has 0 aliphatic rings. The molecule has 2 aromatic carbocycles. The molecule has 0 amide bonds. The highest BCUT2D eigenvalue weighted by molar-refractivity contribution is 5.78. The molecule has 0 heterocycles. The van der Waals surface area contributed by atoms with E-state index in [9.17, 15) is 4.79 Å². The van der Waals surface area contributed by atoms with Crippen molar-refractivity contribution in [3.8, 4) is 11.1 Å². The predicted molar refractivity (Wildman–Crippen MR) is 75.5 cm³/mol. The molecule has 0 aliphatic heterocycles. The minimum absolute atomic E-state index is 0.335. The summed E-state index contributed by atoms with van der Waals surface area (Å²) in [4.78, 5) is 11.3. The van der Waals surface area contributed by atoms with Crippen LogP contribution in [0.4, 0.5) is 0 Å². The van der Waals surface area contributed by atoms with Crippen LogP contribution in [0.3, 0.4) is 0 Å². The van der Waals surface area contributed by atoms with Gasteiger partial charge in [0.2, 0.25) is 0 Å². The lowest BCUT2D eigenvalue weighted by Crippen LogP contribution is -1.97. The fourth-order valence-corrected chi connectivity index (χ4v) is 1.95. The Kier molecular flexibility index (Phi) is 4.30. The number of rotatable bonds is 5. The highest BCUT2D eigenvalue weighted by Crippen LogP contribution is 2.19. The van der Waals surface area contributed by atoms with Gasteiger partial charge in [-0.05, 0) is 23.1 Å². The lowest BCUT2D eigenvalue weighted by Gasteiger charge is -2.04. The molecule has 0 saturated carbocycles. The average molecular weight is 238 g/mol. The molecule has 0 bridgehead atoms. The summed E-state index contributed by atoms with van der Waals surface area (Å²) in [6.45, 7) is 1.92. The first-order valence-electron chi connectivity index (χ1n) is 6.45. The summed E-state index contributed by atoms with van der Waals surface area (Å²) in [5.74, 6) is 0.335. The molecule has 0 spiro atoms. The zero-order valence-electron chi connectivity index (χ0n) is 10.7. The third kappa shape index (κ3) is 3.30. The highest BCUT2D eigenvalue weighted by atomic mass is 16.1. The molecule has 1 heteroatoms. The largest absolute Gasteiger partial charge is 0.300 e. The van der Waals surface area contributed by atoms with E-state index in [1.807, 2.05) is 25.1 Å². The topological polar surface area (TPSA) is 17.1 Å². The van der Waals surface area contributed by atoms with Gasteiger partial charge in [-0.1, -0.05) is 61.5 Å². The maximum absolute atomic E-state index is 11.3. The van der Waals surface area contributed by atoms with Gasteiger partial charge in [-0.25, -0.2) is 0 Å². The Hall–Kier alpha value is -1.89. The van der Waals surface area contributed by atoms with Crippen molar-refractivity contribution in [2.45, 2.75) is 26.2 Å². The third-order valence-electron chi connectivity index (χ3n) is 3.15. The van der Waals surface area contributed by atoms with Crippen LogP contribution in [0.5, 0.6) is 0 Å². The first kappa shape index (κ1) is 12.6. The van der Waals surface area contributed by atoms with Crippen molar-refractivity contribution in [2.75, 3.05) is 0 Å². The van der Waals surface area contributed by atoms with Gasteiger partial charge in [0.15, 0.2) is 0 Å².